The third-order valence-electron chi connectivity index (χ3n) is 7.08. The number of fused-ring (bicyclic) bond motifs is 3. The Morgan fingerprint density at radius 3 is 1.79 bits per heavy atom. The van der Waals surface area contributed by atoms with Crippen LogP contribution in [0.1, 0.15) is 58.4 Å². The van der Waals surface area contributed by atoms with E-state index in [9.17, 15) is 0 Å². The van der Waals surface area contributed by atoms with E-state index in [1.165, 1.54) is 83.1 Å². The molecule has 0 heterocycles. The van der Waals surface area contributed by atoms with Crippen molar-refractivity contribution in [3.8, 4) is 11.1 Å². The van der Waals surface area contributed by atoms with Gasteiger partial charge in [0.25, 0.3) is 0 Å². The van der Waals surface area contributed by atoms with E-state index in [-0.39, 0.29) is 24.8 Å². The fraction of sp³-hybridized carbons (Fsp3) is 0.154. The second-order valence-electron chi connectivity index (χ2n) is 10.4. The Morgan fingerprint density at radius 2 is 1.33 bits per heavy atom. The number of halogens is 2. The largest absolute Gasteiger partial charge is 1.00 e. The summed E-state index contributed by atoms with van der Waals surface area (Å²) in [4.78, 5) is 0. The molecular formula is C39H36Cl2Zr-2. The van der Waals surface area contributed by atoms with Gasteiger partial charge < -0.3 is 24.8 Å². The summed E-state index contributed by atoms with van der Waals surface area (Å²) in [6.45, 7) is 16.1. The molecule has 0 fully saturated rings. The van der Waals surface area contributed by atoms with Crippen LogP contribution in [0.4, 0.5) is 0 Å². The minimum atomic E-state index is 0. The zero-order valence-electron chi connectivity index (χ0n) is 24.8. The number of benzene rings is 4. The van der Waals surface area contributed by atoms with E-state index in [0.717, 1.165) is 12.0 Å². The van der Waals surface area contributed by atoms with Crippen molar-refractivity contribution in [2.24, 2.45) is 5.92 Å². The average molecular weight is 667 g/mol. The molecule has 0 aromatic heterocycles. The maximum atomic E-state index is 3.82. The van der Waals surface area contributed by atoms with Crippen molar-refractivity contribution >= 4 is 15.4 Å². The molecule has 4 aromatic rings. The van der Waals surface area contributed by atoms with Crippen LogP contribution in [0.2, 0.25) is 0 Å². The minimum absolute atomic E-state index is 0. The molecule has 0 spiro atoms. The molecule has 0 amide bonds. The quantitative estimate of drug-likeness (QED) is 0.257. The van der Waals surface area contributed by atoms with E-state index >= 15 is 0 Å². The summed E-state index contributed by atoms with van der Waals surface area (Å²) in [5, 5.41) is 0. The predicted molar refractivity (Wildman–Crippen MR) is 170 cm³/mol. The molecule has 0 N–H and O–H groups in total. The minimum Gasteiger partial charge on any atom is -1.00 e. The van der Waals surface area contributed by atoms with Gasteiger partial charge in [-0.05, 0) is 12.0 Å². The Bertz CT molecular complexity index is 1490. The summed E-state index contributed by atoms with van der Waals surface area (Å²) >= 11 is 1.46. The Hall–Kier alpha value is -2.83. The van der Waals surface area contributed by atoms with Crippen molar-refractivity contribution in [3.63, 3.8) is 0 Å². The van der Waals surface area contributed by atoms with Crippen LogP contribution < -0.4 is 24.8 Å². The van der Waals surface area contributed by atoms with E-state index in [2.05, 4.69) is 132 Å². The smallest absolute Gasteiger partial charge is 1.00 e. The van der Waals surface area contributed by atoms with Gasteiger partial charge in [-0.15, -0.1) is 30.7 Å². The molecule has 42 heavy (non-hydrogen) atoms. The van der Waals surface area contributed by atoms with Gasteiger partial charge in [0, 0.05) is 0 Å². The second-order valence-corrected chi connectivity index (χ2v) is 11.7. The SMILES string of the molecule is C=Cc1c[c-]c2c(c1)-c1cc(C=C)ccc1C2.CC1=CC(C)[C-]=C1.Cc1ccc([C](=[Zr+2])c2ccc(C)cc2)cc1.[Cl-].[Cl-]. The first kappa shape index (κ1) is 35.4. The molecule has 1 unspecified atom stereocenters. The van der Waals surface area contributed by atoms with Crippen molar-refractivity contribution < 1.29 is 49.0 Å². The molecule has 1 atom stereocenters. The van der Waals surface area contributed by atoms with E-state index in [0.29, 0.717) is 5.92 Å². The Kier molecular flexibility index (Phi) is 14.1. The van der Waals surface area contributed by atoms with Gasteiger partial charge in [-0.1, -0.05) is 54.8 Å². The van der Waals surface area contributed by atoms with E-state index in [1.807, 2.05) is 24.3 Å². The Balaban J connectivity index is 0.000000231. The standard InChI is InChI=1S/C17H13.C15H14.C7H9.2ClH.Zr/c1-3-12-5-7-14-11-15-8-6-13(4-2)10-17(15)16(14)9-12;1-12-3-7-14(8-4-12)11-15-9-5-13(2)6-10-15;1-6-3-4-7(2)5-6;;;/h3-7,9-10H,1-2,11H2;3-10H,1-2H3;3,5,7H,1-2H3;2*1H;/q-1;;-1;;;+2/p-2. The molecule has 2 aliphatic carbocycles. The molecule has 0 nitrogen and oxygen atoms in total. The Labute approximate surface area is 280 Å². The van der Waals surface area contributed by atoms with Crippen molar-refractivity contribution in [1.82, 2.24) is 0 Å². The third-order valence-corrected chi connectivity index (χ3v) is 8.50. The number of hydrogen-bond donors (Lipinski definition) is 0. The summed E-state index contributed by atoms with van der Waals surface area (Å²) in [7, 11) is 0. The molecule has 0 aliphatic heterocycles. The van der Waals surface area contributed by atoms with Gasteiger partial charge in [0.05, 0.1) is 0 Å². The van der Waals surface area contributed by atoms with Gasteiger partial charge in [-0.3, -0.25) is 6.08 Å². The second kappa shape index (κ2) is 16.7. The van der Waals surface area contributed by atoms with Crippen molar-refractivity contribution in [2.75, 3.05) is 0 Å². The zero-order valence-corrected chi connectivity index (χ0v) is 28.7. The molecule has 0 saturated carbocycles. The third kappa shape index (κ3) is 9.34. The average Bonchev–Trinajstić information content (AvgIpc) is 3.54. The summed E-state index contributed by atoms with van der Waals surface area (Å²) < 4.78 is 1.42. The Morgan fingerprint density at radius 1 is 0.786 bits per heavy atom. The van der Waals surface area contributed by atoms with E-state index in [1.54, 1.807) is 0 Å². The molecule has 4 aromatic carbocycles. The van der Waals surface area contributed by atoms with Gasteiger partial charge in [-0.2, -0.15) is 29.8 Å². The summed E-state index contributed by atoms with van der Waals surface area (Å²) in [5.41, 5.74) is 14.2. The van der Waals surface area contributed by atoms with Crippen LogP contribution in [-0.4, -0.2) is 3.21 Å². The normalized spacial score (nSPS) is 13.4. The summed E-state index contributed by atoms with van der Waals surface area (Å²) in [6.07, 6.45) is 12.1. The topological polar surface area (TPSA) is 0 Å². The van der Waals surface area contributed by atoms with Gasteiger partial charge in [0.2, 0.25) is 0 Å². The summed E-state index contributed by atoms with van der Waals surface area (Å²) in [5.74, 6) is 0.556. The van der Waals surface area contributed by atoms with Crippen molar-refractivity contribution in [1.29, 1.82) is 0 Å². The van der Waals surface area contributed by atoms with Gasteiger partial charge in [0.1, 0.15) is 0 Å². The van der Waals surface area contributed by atoms with Gasteiger partial charge in [0.15, 0.2) is 0 Å². The maximum absolute atomic E-state index is 3.82. The fourth-order valence-corrected chi connectivity index (χ4v) is 5.54. The molecule has 212 valence electrons. The zero-order chi connectivity index (χ0) is 28.6. The molecule has 3 heteroatoms. The molecule has 2 aliphatic rings. The number of hydrogen-bond acceptors (Lipinski definition) is 0. The van der Waals surface area contributed by atoms with Gasteiger partial charge in [-0.25, -0.2) is 11.6 Å². The first-order valence-corrected chi connectivity index (χ1v) is 14.9. The first-order chi connectivity index (χ1) is 19.3. The van der Waals surface area contributed by atoms with Crippen LogP contribution in [0, 0.1) is 31.9 Å². The molecule has 0 radical (unpaired) electrons. The maximum Gasteiger partial charge on any atom is -1.00 e. The molecular weight excluding hydrogens is 631 g/mol. The van der Waals surface area contributed by atoms with Crippen molar-refractivity contribution in [2.45, 2.75) is 34.1 Å². The number of allylic oxidation sites excluding steroid dienone is 4. The van der Waals surface area contributed by atoms with Crippen LogP contribution in [-0.2, 0) is 30.7 Å². The van der Waals surface area contributed by atoms with E-state index in [4.69, 9.17) is 0 Å². The van der Waals surface area contributed by atoms with Crippen LogP contribution in [0.3, 0.4) is 0 Å². The number of rotatable bonds is 4. The molecule has 0 bridgehead atoms. The first-order valence-electron chi connectivity index (χ1n) is 13.7. The number of aryl methyl sites for hydroxylation is 2. The van der Waals surface area contributed by atoms with Crippen LogP contribution >= 0.6 is 0 Å². The monoisotopic (exact) mass is 664 g/mol. The van der Waals surface area contributed by atoms with Crippen molar-refractivity contribution in [3.05, 3.63) is 166 Å². The van der Waals surface area contributed by atoms with Gasteiger partial charge >= 0.3 is 112 Å². The predicted octanol–water partition coefficient (Wildman–Crippen LogP) is 3.71. The summed E-state index contributed by atoms with van der Waals surface area (Å²) in [6, 6.07) is 31.6. The van der Waals surface area contributed by atoms with E-state index < -0.39 is 0 Å². The van der Waals surface area contributed by atoms with Crippen LogP contribution in [0.15, 0.2) is 110 Å². The van der Waals surface area contributed by atoms with Crippen LogP contribution in [0.25, 0.3) is 23.3 Å². The molecule has 0 saturated heterocycles. The molecule has 6 rings (SSSR count). The fourth-order valence-electron chi connectivity index (χ4n) is 4.73. The van der Waals surface area contributed by atoms with Crippen LogP contribution in [0.5, 0.6) is 0 Å².